The number of carbonyl (C=O) groups excluding carboxylic acids is 3. The topological polar surface area (TPSA) is 95.7 Å². The van der Waals surface area contributed by atoms with Crippen molar-refractivity contribution >= 4 is 30.3 Å². The van der Waals surface area contributed by atoms with Gasteiger partial charge >= 0.3 is 6.03 Å². The summed E-state index contributed by atoms with van der Waals surface area (Å²) in [5.74, 6) is -0.188. The highest BCUT2D eigenvalue weighted by molar-refractivity contribution is 6.07. The number of urea groups is 1. The number of halogens is 1. The lowest BCUT2D eigenvalue weighted by atomic mass is 9.98. The molecule has 3 rings (SSSR count). The van der Waals surface area contributed by atoms with Crippen LogP contribution in [-0.4, -0.2) is 58.9 Å². The second-order valence-electron chi connectivity index (χ2n) is 6.31. The lowest BCUT2D eigenvalue weighted by Crippen LogP contribution is -2.44. The zero-order valence-corrected chi connectivity index (χ0v) is 13.4. The summed E-state index contributed by atoms with van der Waals surface area (Å²) < 4.78 is 0. The van der Waals surface area contributed by atoms with Crippen LogP contribution in [0.3, 0.4) is 0 Å². The van der Waals surface area contributed by atoms with Crippen LogP contribution in [0.1, 0.15) is 38.5 Å². The molecule has 2 aliphatic heterocycles. The molecule has 3 fully saturated rings. The monoisotopic (exact) mass is 330 g/mol. The van der Waals surface area contributed by atoms with Crippen LogP contribution in [0, 0.1) is 0 Å². The second kappa shape index (κ2) is 6.42. The number of hydrogen-bond acceptors (Lipinski definition) is 4. The first-order valence-corrected chi connectivity index (χ1v) is 7.69. The summed E-state index contributed by atoms with van der Waals surface area (Å²) in [4.78, 5) is 39.4. The quantitative estimate of drug-likeness (QED) is 0.724. The van der Waals surface area contributed by atoms with Crippen LogP contribution in [0.4, 0.5) is 4.79 Å². The highest BCUT2D eigenvalue weighted by Gasteiger charge is 2.52. The van der Waals surface area contributed by atoms with Gasteiger partial charge in [0, 0.05) is 32.1 Å². The van der Waals surface area contributed by atoms with Crippen LogP contribution in [0.5, 0.6) is 0 Å². The Kier molecular flexibility index (Phi) is 4.97. The minimum Gasteiger partial charge on any atom is -0.341 e. The minimum absolute atomic E-state index is 0. The number of nitrogens with two attached hydrogens (primary N) is 1. The van der Waals surface area contributed by atoms with Crippen molar-refractivity contribution in [3.8, 4) is 0 Å². The van der Waals surface area contributed by atoms with Gasteiger partial charge in [0.2, 0.25) is 5.91 Å². The van der Waals surface area contributed by atoms with Crippen molar-refractivity contribution in [2.45, 2.75) is 50.1 Å². The van der Waals surface area contributed by atoms with Gasteiger partial charge in [-0.05, 0) is 19.3 Å². The standard InChI is InChI=1S/C14H22N4O3.ClH/c15-10-3-7-17(9-10)11(19)4-8-18-12(20)14(16-13(18)21)5-1-2-6-14;/h10H,1-9,15H2,(H,16,21);1H/t10-;/m0./s1. The van der Waals surface area contributed by atoms with Gasteiger partial charge in [0.15, 0.2) is 0 Å². The summed E-state index contributed by atoms with van der Waals surface area (Å²) in [6, 6.07) is -0.305. The first-order valence-electron chi connectivity index (χ1n) is 7.69. The lowest BCUT2D eigenvalue weighted by molar-refractivity contribution is -0.133. The molecule has 1 spiro atoms. The van der Waals surface area contributed by atoms with Gasteiger partial charge in [-0.15, -0.1) is 12.4 Å². The van der Waals surface area contributed by atoms with Crippen LogP contribution >= 0.6 is 12.4 Å². The molecule has 4 amide bonds. The van der Waals surface area contributed by atoms with Crippen LogP contribution in [0.25, 0.3) is 0 Å². The number of rotatable bonds is 3. The Labute approximate surface area is 136 Å². The Morgan fingerprint density at radius 1 is 1.32 bits per heavy atom. The van der Waals surface area contributed by atoms with Gasteiger partial charge in [-0.3, -0.25) is 14.5 Å². The van der Waals surface area contributed by atoms with E-state index >= 15 is 0 Å². The molecular formula is C14H23ClN4O3. The molecule has 3 N–H and O–H groups in total. The van der Waals surface area contributed by atoms with Gasteiger partial charge < -0.3 is 16.0 Å². The fourth-order valence-corrected chi connectivity index (χ4v) is 3.58. The van der Waals surface area contributed by atoms with Crippen LogP contribution in [0.2, 0.25) is 0 Å². The molecular weight excluding hydrogens is 308 g/mol. The first kappa shape index (κ1) is 17.0. The average Bonchev–Trinajstić information content (AvgIpc) is 3.12. The number of nitrogens with zero attached hydrogens (tertiary/aromatic N) is 2. The summed E-state index contributed by atoms with van der Waals surface area (Å²) in [6.45, 7) is 1.41. The third-order valence-electron chi connectivity index (χ3n) is 4.83. The largest absolute Gasteiger partial charge is 0.341 e. The number of likely N-dealkylation sites (tertiary alicyclic amines) is 1. The molecule has 0 aromatic carbocycles. The predicted molar refractivity (Wildman–Crippen MR) is 82.5 cm³/mol. The van der Waals surface area contributed by atoms with E-state index in [1.54, 1.807) is 4.90 Å². The van der Waals surface area contributed by atoms with Crippen molar-refractivity contribution in [3.63, 3.8) is 0 Å². The van der Waals surface area contributed by atoms with Gasteiger partial charge in [-0.1, -0.05) is 12.8 Å². The number of imide groups is 1. The van der Waals surface area contributed by atoms with Gasteiger partial charge in [0.1, 0.15) is 5.54 Å². The summed E-state index contributed by atoms with van der Waals surface area (Å²) in [5, 5.41) is 2.82. The van der Waals surface area contributed by atoms with Gasteiger partial charge in [0.25, 0.3) is 5.91 Å². The Hall–Kier alpha value is -1.34. The van der Waals surface area contributed by atoms with E-state index in [1.165, 1.54) is 4.90 Å². The molecule has 0 aromatic heterocycles. The predicted octanol–water partition coefficient (Wildman–Crippen LogP) is 0.222. The lowest BCUT2D eigenvalue weighted by Gasteiger charge is -2.21. The molecule has 2 saturated heterocycles. The van der Waals surface area contributed by atoms with E-state index < -0.39 is 5.54 Å². The fraction of sp³-hybridized carbons (Fsp3) is 0.786. The van der Waals surface area contributed by atoms with E-state index in [1.807, 2.05) is 0 Å². The second-order valence-corrected chi connectivity index (χ2v) is 6.31. The van der Waals surface area contributed by atoms with Crippen molar-refractivity contribution in [1.82, 2.24) is 15.1 Å². The van der Waals surface area contributed by atoms with Gasteiger partial charge in [-0.25, -0.2) is 4.79 Å². The van der Waals surface area contributed by atoms with Crippen molar-refractivity contribution in [3.05, 3.63) is 0 Å². The smallest absolute Gasteiger partial charge is 0.325 e. The molecule has 7 nitrogen and oxygen atoms in total. The number of amides is 4. The molecule has 22 heavy (non-hydrogen) atoms. The maximum absolute atomic E-state index is 12.4. The molecule has 2 heterocycles. The highest BCUT2D eigenvalue weighted by Crippen LogP contribution is 2.35. The molecule has 0 unspecified atom stereocenters. The minimum atomic E-state index is -0.684. The molecule has 124 valence electrons. The first-order chi connectivity index (χ1) is 10.0. The average molecular weight is 331 g/mol. The summed E-state index contributed by atoms with van der Waals surface area (Å²) in [7, 11) is 0. The third-order valence-corrected chi connectivity index (χ3v) is 4.83. The SMILES string of the molecule is Cl.N[C@H]1CCN(C(=O)CCN2C(=O)NC3(CCCC3)C2=O)C1. The fourth-order valence-electron chi connectivity index (χ4n) is 3.58. The van der Waals surface area contributed by atoms with E-state index in [4.69, 9.17) is 5.73 Å². The van der Waals surface area contributed by atoms with E-state index in [-0.39, 0.29) is 49.3 Å². The molecule has 1 saturated carbocycles. The Morgan fingerprint density at radius 3 is 2.59 bits per heavy atom. The van der Waals surface area contributed by atoms with Crippen molar-refractivity contribution in [2.24, 2.45) is 5.73 Å². The van der Waals surface area contributed by atoms with E-state index in [0.717, 1.165) is 19.3 Å². The van der Waals surface area contributed by atoms with Crippen LogP contribution in [0.15, 0.2) is 0 Å². The molecule has 0 aromatic rings. The van der Waals surface area contributed by atoms with Crippen molar-refractivity contribution < 1.29 is 14.4 Å². The molecule has 8 heteroatoms. The Balaban J connectivity index is 0.00000176. The molecule has 0 radical (unpaired) electrons. The number of nitrogens with one attached hydrogen (secondary N) is 1. The maximum atomic E-state index is 12.4. The molecule has 1 aliphatic carbocycles. The number of hydrogen-bond donors (Lipinski definition) is 2. The van der Waals surface area contributed by atoms with Crippen molar-refractivity contribution in [1.29, 1.82) is 0 Å². The maximum Gasteiger partial charge on any atom is 0.325 e. The molecule has 1 atom stereocenters. The zero-order valence-electron chi connectivity index (χ0n) is 12.5. The number of carbonyl (C=O) groups is 3. The van der Waals surface area contributed by atoms with Crippen LogP contribution < -0.4 is 11.1 Å². The summed E-state index contributed by atoms with van der Waals surface area (Å²) in [6.07, 6.45) is 4.35. The van der Waals surface area contributed by atoms with E-state index in [0.29, 0.717) is 25.9 Å². The Bertz CT molecular complexity index is 479. The normalized spacial score (nSPS) is 26.5. The van der Waals surface area contributed by atoms with E-state index in [9.17, 15) is 14.4 Å². The van der Waals surface area contributed by atoms with Crippen LogP contribution in [-0.2, 0) is 9.59 Å². The van der Waals surface area contributed by atoms with Crippen molar-refractivity contribution in [2.75, 3.05) is 19.6 Å². The van der Waals surface area contributed by atoms with E-state index in [2.05, 4.69) is 5.32 Å². The third kappa shape index (κ3) is 2.92. The highest BCUT2D eigenvalue weighted by atomic mass is 35.5. The Morgan fingerprint density at radius 2 is 2.00 bits per heavy atom. The van der Waals surface area contributed by atoms with Gasteiger partial charge in [0.05, 0.1) is 0 Å². The summed E-state index contributed by atoms with van der Waals surface area (Å²) >= 11 is 0. The van der Waals surface area contributed by atoms with Gasteiger partial charge in [-0.2, -0.15) is 0 Å². The summed E-state index contributed by atoms with van der Waals surface area (Å²) in [5.41, 5.74) is 5.10. The molecule has 0 bridgehead atoms. The zero-order chi connectivity index (χ0) is 15.0. The molecule has 3 aliphatic rings.